The molecule has 6 heteroatoms. The van der Waals surface area contributed by atoms with Gasteiger partial charge in [-0.15, -0.1) is 0 Å². The van der Waals surface area contributed by atoms with E-state index in [1.54, 1.807) is 24.3 Å². The number of Topliss-reactive ketones (excluding diaryl/α,β-unsaturated/α-hetero) is 1. The first kappa shape index (κ1) is 15.7. The van der Waals surface area contributed by atoms with E-state index in [-0.39, 0.29) is 18.1 Å². The van der Waals surface area contributed by atoms with Gasteiger partial charge in [0.1, 0.15) is 0 Å². The lowest BCUT2D eigenvalue weighted by Gasteiger charge is -2.09. The highest BCUT2D eigenvalue weighted by atomic mass is 16.5. The van der Waals surface area contributed by atoms with Crippen molar-refractivity contribution in [3.63, 3.8) is 0 Å². The van der Waals surface area contributed by atoms with Crippen LogP contribution in [0, 0.1) is 0 Å². The molecule has 2 amide bonds. The van der Waals surface area contributed by atoms with Crippen LogP contribution in [0.4, 0.5) is 10.5 Å². The van der Waals surface area contributed by atoms with Gasteiger partial charge in [0.05, 0.1) is 12.8 Å². The standard InChI is InChI=1S/C14H18N2O4/c1-10(17)11-6-3-4-7-12(11)16-13(18)8-5-9-15-14(19)20-2/h3-4,6-7H,5,8-9H2,1-2H3,(H,15,19)(H,16,18). The van der Waals surface area contributed by atoms with Crippen LogP contribution in [0.25, 0.3) is 0 Å². The second-order valence-electron chi connectivity index (χ2n) is 4.17. The Balaban J connectivity index is 2.43. The number of ether oxygens (including phenoxy) is 1. The van der Waals surface area contributed by atoms with Crippen LogP contribution < -0.4 is 10.6 Å². The topological polar surface area (TPSA) is 84.5 Å². The van der Waals surface area contributed by atoms with Crippen molar-refractivity contribution in [1.82, 2.24) is 5.32 Å². The number of anilines is 1. The number of amides is 2. The lowest BCUT2D eigenvalue weighted by molar-refractivity contribution is -0.116. The highest BCUT2D eigenvalue weighted by molar-refractivity contribution is 6.03. The van der Waals surface area contributed by atoms with Crippen LogP contribution in [0.3, 0.4) is 0 Å². The zero-order valence-corrected chi connectivity index (χ0v) is 11.6. The van der Waals surface area contributed by atoms with E-state index in [1.165, 1.54) is 14.0 Å². The quantitative estimate of drug-likeness (QED) is 0.615. The van der Waals surface area contributed by atoms with Crippen LogP contribution >= 0.6 is 0 Å². The third kappa shape index (κ3) is 5.09. The van der Waals surface area contributed by atoms with E-state index in [1.807, 2.05) is 0 Å². The lowest BCUT2D eigenvalue weighted by Crippen LogP contribution is -2.25. The number of hydrogen-bond donors (Lipinski definition) is 2. The highest BCUT2D eigenvalue weighted by Gasteiger charge is 2.09. The maximum absolute atomic E-state index is 11.7. The third-order valence-electron chi connectivity index (χ3n) is 2.62. The first-order valence-corrected chi connectivity index (χ1v) is 6.26. The summed E-state index contributed by atoms with van der Waals surface area (Å²) in [5.74, 6) is -0.307. The zero-order chi connectivity index (χ0) is 15.0. The highest BCUT2D eigenvalue weighted by Crippen LogP contribution is 2.15. The van der Waals surface area contributed by atoms with Gasteiger partial charge in [-0.3, -0.25) is 9.59 Å². The predicted octanol–water partition coefficient (Wildman–Crippen LogP) is 1.96. The molecule has 6 nitrogen and oxygen atoms in total. The fraction of sp³-hybridized carbons (Fsp3) is 0.357. The summed E-state index contributed by atoms with van der Waals surface area (Å²) in [6.45, 7) is 1.81. The summed E-state index contributed by atoms with van der Waals surface area (Å²) < 4.78 is 4.41. The van der Waals surface area contributed by atoms with Crippen LogP contribution in [0.2, 0.25) is 0 Å². The Morgan fingerprint density at radius 1 is 1.20 bits per heavy atom. The molecule has 0 heterocycles. The average molecular weight is 278 g/mol. The van der Waals surface area contributed by atoms with E-state index in [0.29, 0.717) is 24.2 Å². The van der Waals surface area contributed by atoms with Crippen molar-refractivity contribution >= 4 is 23.5 Å². The Labute approximate surface area is 117 Å². The second-order valence-corrected chi connectivity index (χ2v) is 4.17. The van der Waals surface area contributed by atoms with E-state index in [9.17, 15) is 14.4 Å². The summed E-state index contributed by atoms with van der Waals surface area (Å²) in [7, 11) is 1.28. The number of carbonyl (C=O) groups is 3. The third-order valence-corrected chi connectivity index (χ3v) is 2.62. The van der Waals surface area contributed by atoms with Crippen LogP contribution in [-0.2, 0) is 9.53 Å². The Kier molecular flexibility index (Phi) is 6.22. The van der Waals surface area contributed by atoms with E-state index in [2.05, 4.69) is 15.4 Å². The molecular weight excluding hydrogens is 260 g/mol. The minimum absolute atomic E-state index is 0.103. The van der Waals surface area contributed by atoms with Crippen molar-refractivity contribution in [2.45, 2.75) is 19.8 Å². The van der Waals surface area contributed by atoms with Crippen LogP contribution in [-0.4, -0.2) is 31.4 Å². The smallest absolute Gasteiger partial charge is 0.406 e. The summed E-state index contributed by atoms with van der Waals surface area (Å²) in [5, 5.41) is 5.18. The molecule has 0 unspecified atom stereocenters. The maximum Gasteiger partial charge on any atom is 0.406 e. The summed E-state index contributed by atoms with van der Waals surface area (Å²) in [6.07, 6.45) is 0.215. The van der Waals surface area contributed by atoms with Gasteiger partial charge in [-0.05, 0) is 25.5 Å². The Morgan fingerprint density at radius 3 is 2.55 bits per heavy atom. The van der Waals surface area contributed by atoms with Gasteiger partial charge in [-0.25, -0.2) is 4.79 Å². The van der Waals surface area contributed by atoms with Crippen LogP contribution in [0.1, 0.15) is 30.1 Å². The number of ketones is 1. The molecule has 1 aromatic carbocycles. The number of rotatable bonds is 6. The molecule has 0 atom stereocenters. The zero-order valence-electron chi connectivity index (χ0n) is 11.6. The second kappa shape index (κ2) is 7.93. The summed E-state index contributed by atoms with van der Waals surface area (Å²) in [5.41, 5.74) is 0.986. The van der Waals surface area contributed by atoms with Gasteiger partial charge in [-0.1, -0.05) is 12.1 Å². The van der Waals surface area contributed by atoms with E-state index in [0.717, 1.165) is 0 Å². The molecule has 0 saturated carbocycles. The molecule has 0 saturated heterocycles. The van der Waals surface area contributed by atoms with Gasteiger partial charge >= 0.3 is 6.09 Å². The lowest BCUT2D eigenvalue weighted by atomic mass is 10.1. The molecule has 108 valence electrons. The largest absolute Gasteiger partial charge is 0.453 e. The molecule has 1 rings (SSSR count). The maximum atomic E-state index is 11.7. The van der Waals surface area contributed by atoms with Crippen LogP contribution in [0.5, 0.6) is 0 Å². The van der Waals surface area contributed by atoms with Crippen molar-refractivity contribution in [3.8, 4) is 0 Å². The number of benzene rings is 1. The summed E-state index contributed by atoms with van der Waals surface area (Å²) in [4.78, 5) is 33.9. The Hall–Kier alpha value is -2.37. The predicted molar refractivity (Wildman–Crippen MR) is 74.7 cm³/mol. The van der Waals surface area contributed by atoms with Gasteiger partial charge in [0.2, 0.25) is 5.91 Å². The van der Waals surface area contributed by atoms with Crippen molar-refractivity contribution in [3.05, 3.63) is 29.8 Å². The molecular formula is C14H18N2O4. The summed E-state index contributed by atoms with van der Waals surface area (Å²) in [6, 6.07) is 6.84. The van der Waals surface area contributed by atoms with E-state index in [4.69, 9.17) is 0 Å². The van der Waals surface area contributed by atoms with Gasteiger partial charge in [0.15, 0.2) is 5.78 Å². The number of para-hydroxylation sites is 1. The van der Waals surface area contributed by atoms with Gasteiger partial charge in [0.25, 0.3) is 0 Å². The Bertz CT molecular complexity index is 500. The Morgan fingerprint density at radius 2 is 1.90 bits per heavy atom. The van der Waals surface area contributed by atoms with Gasteiger partial charge in [-0.2, -0.15) is 0 Å². The first-order chi connectivity index (χ1) is 9.54. The van der Waals surface area contributed by atoms with Gasteiger partial charge < -0.3 is 15.4 Å². The molecule has 1 aromatic rings. The molecule has 0 aliphatic heterocycles. The number of methoxy groups -OCH3 is 1. The fourth-order valence-corrected chi connectivity index (χ4v) is 1.62. The van der Waals surface area contributed by atoms with Crippen molar-refractivity contribution < 1.29 is 19.1 Å². The minimum Gasteiger partial charge on any atom is -0.453 e. The molecule has 0 aromatic heterocycles. The molecule has 0 radical (unpaired) electrons. The van der Waals surface area contributed by atoms with Gasteiger partial charge in [0, 0.05) is 18.5 Å². The van der Waals surface area contributed by atoms with E-state index < -0.39 is 6.09 Å². The number of alkyl carbamates (subject to hydrolysis) is 1. The van der Waals surface area contributed by atoms with Crippen molar-refractivity contribution in [2.24, 2.45) is 0 Å². The summed E-state index contributed by atoms with van der Waals surface area (Å²) >= 11 is 0. The molecule has 0 spiro atoms. The molecule has 0 bridgehead atoms. The molecule has 0 aliphatic rings. The molecule has 0 aliphatic carbocycles. The van der Waals surface area contributed by atoms with Crippen LogP contribution in [0.15, 0.2) is 24.3 Å². The minimum atomic E-state index is -0.521. The first-order valence-electron chi connectivity index (χ1n) is 6.26. The number of hydrogen-bond acceptors (Lipinski definition) is 4. The SMILES string of the molecule is COC(=O)NCCCC(=O)Nc1ccccc1C(C)=O. The monoisotopic (exact) mass is 278 g/mol. The molecule has 0 fully saturated rings. The van der Waals surface area contributed by atoms with Crippen molar-refractivity contribution in [2.75, 3.05) is 19.0 Å². The average Bonchev–Trinajstić information content (AvgIpc) is 2.43. The molecule has 2 N–H and O–H groups in total. The number of nitrogens with one attached hydrogen (secondary N) is 2. The normalized spacial score (nSPS) is 9.70. The van der Waals surface area contributed by atoms with E-state index >= 15 is 0 Å². The van der Waals surface area contributed by atoms with Crippen molar-refractivity contribution in [1.29, 1.82) is 0 Å². The fourth-order valence-electron chi connectivity index (χ4n) is 1.62. The number of carbonyl (C=O) groups excluding carboxylic acids is 3. The molecule has 20 heavy (non-hydrogen) atoms.